The molecule has 0 bridgehead atoms. The molecule has 0 aliphatic carbocycles. The fraction of sp³-hybridized carbons (Fsp3) is 0.0714. The van der Waals surface area contributed by atoms with Crippen LogP contribution >= 0.6 is 0 Å². The van der Waals surface area contributed by atoms with Crippen molar-refractivity contribution in [3.63, 3.8) is 0 Å². The Morgan fingerprint density at radius 3 is 2.89 bits per heavy atom. The van der Waals surface area contributed by atoms with E-state index in [2.05, 4.69) is 4.98 Å². The molecule has 0 amide bonds. The Labute approximate surface area is 109 Å². The van der Waals surface area contributed by atoms with Crippen molar-refractivity contribution in [2.75, 3.05) is 0 Å². The van der Waals surface area contributed by atoms with E-state index in [1.54, 1.807) is 30.3 Å². The van der Waals surface area contributed by atoms with Gasteiger partial charge in [0.2, 0.25) is 0 Å². The van der Waals surface area contributed by atoms with Crippen molar-refractivity contribution in [2.45, 2.75) is 6.61 Å². The highest BCUT2D eigenvalue weighted by molar-refractivity contribution is 5.88. The lowest BCUT2D eigenvalue weighted by atomic mass is 10.2. The van der Waals surface area contributed by atoms with Crippen LogP contribution in [0.1, 0.15) is 26.4 Å². The largest absolute Gasteiger partial charge is 0.487 e. The smallest absolute Gasteiger partial charge is 0.337 e. The minimum absolute atomic E-state index is 0.0325. The van der Waals surface area contributed by atoms with E-state index in [1.165, 1.54) is 12.3 Å². The molecule has 0 saturated heterocycles. The Hall–Kier alpha value is -2.69. The van der Waals surface area contributed by atoms with Crippen molar-refractivity contribution >= 4 is 12.3 Å². The number of aromatic carboxylic acids is 1. The van der Waals surface area contributed by atoms with Crippen molar-refractivity contribution in [2.24, 2.45) is 0 Å². The maximum absolute atomic E-state index is 11.0. The molecule has 2 aromatic rings. The molecule has 1 aromatic heterocycles. The molecule has 0 aliphatic heterocycles. The summed E-state index contributed by atoms with van der Waals surface area (Å²) in [7, 11) is 0. The number of hydrogen-bond donors (Lipinski definition) is 1. The first-order chi connectivity index (χ1) is 9.20. The molecular weight excluding hydrogens is 246 g/mol. The van der Waals surface area contributed by atoms with Gasteiger partial charge in [-0.1, -0.05) is 12.1 Å². The predicted molar refractivity (Wildman–Crippen MR) is 67.4 cm³/mol. The third-order valence-corrected chi connectivity index (χ3v) is 2.49. The lowest BCUT2D eigenvalue weighted by molar-refractivity contribution is 0.0693. The third kappa shape index (κ3) is 3.16. The summed E-state index contributed by atoms with van der Waals surface area (Å²) in [5.74, 6) is -0.556. The molecule has 1 heterocycles. The molecule has 1 aromatic carbocycles. The zero-order valence-corrected chi connectivity index (χ0v) is 9.95. The van der Waals surface area contributed by atoms with Crippen LogP contribution in [0.5, 0.6) is 5.75 Å². The minimum atomic E-state index is -1.05. The fourth-order valence-corrected chi connectivity index (χ4v) is 1.58. The SMILES string of the molecule is O=Cc1cccc(OCc2ncccc2C(=O)O)c1. The molecule has 0 atom stereocenters. The highest BCUT2D eigenvalue weighted by Gasteiger charge is 2.10. The quantitative estimate of drug-likeness (QED) is 0.831. The van der Waals surface area contributed by atoms with Gasteiger partial charge in [0.25, 0.3) is 0 Å². The Morgan fingerprint density at radius 2 is 2.16 bits per heavy atom. The molecule has 0 saturated carbocycles. The fourth-order valence-electron chi connectivity index (χ4n) is 1.58. The molecule has 0 fully saturated rings. The highest BCUT2D eigenvalue weighted by Crippen LogP contribution is 2.15. The second-order valence-electron chi connectivity index (χ2n) is 3.78. The first-order valence-electron chi connectivity index (χ1n) is 5.56. The third-order valence-electron chi connectivity index (χ3n) is 2.49. The van der Waals surface area contributed by atoms with E-state index in [4.69, 9.17) is 9.84 Å². The number of nitrogens with zero attached hydrogens (tertiary/aromatic N) is 1. The van der Waals surface area contributed by atoms with Crippen molar-refractivity contribution in [3.8, 4) is 5.75 Å². The maximum atomic E-state index is 11.0. The van der Waals surface area contributed by atoms with Gasteiger partial charge in [0, 0.05) is 11.8 Å². The van der Waals surface area contributed by atoms with Crippen LogP contribution in [0.4, 0.5) is 0 Å². The number of pyridine rings is 1. The Morgan fingerprint density at radius 1 is 1.32 bits per heavy atom. The summed E-state index contributed by atoms with van der Waals surface area (Å²) < 4.78 is 5.44. The van der Waals surface area contributed by atoms with Gasteiger partial charge in [0.05, 0.1) is 11.3 Å². The Bertz CT molecular complexity index is 610. The lowest BCUT2D eigenvalue weighted by Gasteiger charge is -2.08. The summed E-state index contributed by atoms with van der Waals surface area (Å²) in [6.07, 6.45) is 2.23. The second kappa shape index (κ2) is 5.77. The van der Waals surface area contributed by atoms with Gasteiger partial charge in [-0.15, -0.1) is 0 Å². The van der Waals surface area contributed by atoms with E-state index in [0.717, 1.165) is 6.29 Å². The van der Waals surface area contributed by atoms with Gasteiger partial charge in [-0.2, -0.15) is 0 Å². The number of rotatable bonds is 5. The zero-order valence-electron chi connectivity index (χ0n) is 9.95. The highest BCUT2D eigenvalue weighted by atomic mass is 16.5. The van der Waals surface area contributed by atoms with Crippen LogP contribution in [0.25, 0.3) is 0 Å². The van der Waals surface area contributed by atoms with Gasteiger partial charge in [-0.3, -0.25) is 9.78 Å². The molecule has 5 heteroatoms. The number of carbonyl (C=O) groups excluding carboxylic acids is 1. The molecule has 19 heavy (non-hydrogen) atoms. The van der Waals surface area contributed by atoms with Gasteiger partial charge >= 0.3 is 5.97 Å². The lowest BCUT2D eigenvalue weighted by Crippen LogP contribution is -2.07. The number of carboxylic acids is 1. The van der Waals surface area contributed by atoms with Crippen molar-refractivity contribution in [3.05, 3.63) is 59.4 Å². The average Bonchev–Trinajstić information content (AvgIpc) is 2.45. The van der Waals surface area contributed by atoms with E-state index in [1.807, 2.05) is 0 Å². The predicted octanol–water partition coefficient (Wildman–Crippen LogP) is 2.17. The molecule has 0 unspecified atom stereocenters. The number of aldehydes is 1. The van der Waals surface area contributed by atoms with E-state index in [9.17, 15) is 9.59 Å². The monoisotopic (exact) mass is 257 g/mol. The number of benzene rings is 1. The molecular formula is C14H11NO4. The Balaban J connectivity index is 2.14. The van der Waals surface area contributed by atoms with Crippen LogP contribution in [-0.4, -0.2) is 22.3 Å². The topological polar surface area (TPSA) is 76.5 Å². The Kier molecular flexibility index (Phi) is 3.87. The average molecular weight is 257 g/mol. The summed E-state index contributed by atoms with van der Waals surface area (Å²) in [5.41, 5.74) is 0.942. The zero-order chi connectivity index (χ0) is 13.7. The number of carbonyl (C=O) groups is 2. The summed E-state index contributed by atoms with van der Waals surface area (Å²) in [5, 5.41) is 9.00. The standard InChI is InChI=1S/C14H11NO4/c16-8-10-3-1-4-11(7-10)19-9-13-12(14(17)18)5-2-6-15-13/h1-8H,9H2,(H,17,18). The molecule has 2 rings (SSSR count). The number of aromatic nitrogens is 1. The van der Waals surface area contributed by atoms with Crippen molar-refractivity contribution in [1.82, 2.24) is 4.98 Å². The van der Waals surface area contributed by atoms with Crippen LogP contribution in [-0.2, 0) is 6.61 Å². The van der Waals surface area contributed by atoms with Gasteiger partial charge in [0.1, 0.15) is 18.6 Å². The van der Waals surface area contributed by atoms with Crippen LogP contribution in [0.3, 0.4) is 0 Å². The summed E-state index contributed by atoms with van der Waals surface area (Å²) in [6.45, 7) is 0.0325. The molecule has 0 radical (unpaired) electrons. The van der Waals surface area contributed by atoms with Crippen LogP contribution in [0.2, 0.25) is 0 Å². The van der Waals surface area contributed by atoms with Crippen LogP contribution in [0.15, 0.2) is 42.6 Å². The van der Waals surface area contributed by atoms with Gasteiger partial charge in [-0.25, -0.2) is 4.79 Å². The minimum Gasteiger partial charge on any atom is -0.487 e. The summed E-state index contributed by atoms with van der Waals surface area (Å²) in [6, 6.07) is 9.64. The maximum Gasteiger partial charge on any atom is 0.337 e. The van der Waals surface area contributed by atoms with E-state index < -0.39 is 5.97 Å². The first kappa shape index (κ1) is 12.8. The van der Waals surface area contributed by atoms with E-state index in [0.29, 0.717) is 17.0 Å². The second-order valence-corrected chi connectivity index (χ2v) is 3.78. The van der Waals surface area contributed by atoms with E-state index >= 15 is 0 Å². The van der Waals surface area contributed by atoms with Gasteiger partial charge in [0.15, 0.2) is 0 Å². The van der Waals surface area contributed by atoms with Crippen molar-refractivity contribution in [1.29, 1.82) is 0 Å². The number of hydrogen-bond acceptors (Lipinski definition) is 4. The van der Waals surface area contributed by atoms with Crippen LogP contribution < -0.4 is 4.74 Å². The summed E-state index contributed by atoms with van der Waals surface area (Å²) >= 11 is 0. The summed E-state index contributed by atoms with van der Waals surface area (Å²) in [4.78, 5) is 25.6. The molecule has 96 valence electrons. The number of ether oxygens (including phenoxy) is 1. The van der Waals surface area contributed by atoms with Gasteiger partial charge in [-0.05, 0) is 24.3 Å². The first-order valence-corrected chi connectivity index (χ1v) is 5.56. The van der Waals surface area contributed by atoms with Crippen molar-refractivity contribution < 1.29 is 19.4 Å². The van der Waals surface area contributed by atoms with Crippen LogP contribution in [0, 0.1) is 0 Å². The molecule has 0 spiro atoms. The normalized spacial score (nSPS) is 9.89. The molecule has 1 N–H and O–H groups in total. The number of carboxylic acid groups (broad SMARTS) is 1. The molecule has 5 nitrogen and oxygen atoms in total. The molecule has 0 aliphatic rings. The van der Waals surface area contributed by atoms with Gasteiger partial charge < -0.3 is 9.84 Å². The van der Waals surface area contributed by atoms with E-state index in [-0.39, 0.29) is 12.2 Å².